The molecule has 0 fully saturated rings. The SMILES string of the molecule is Cc1n[nH]c(C)c1CCN(C)CCCn1cnnn1. The molecule has 104 valence electrons. The standard InChI is InChI=1S/C12H21N7/c1-10-12(11(2)15-14-10)5-8-18(3)6-4-7-19-9-13-16-17-19/h9H,4-8H2,1-3H3,(H,14,15). The second-order valence-corrected chi connectivity index (χ2v) is 4.89. The van der Waals surface area contributed by atoms with Crippen LogP contribution in [0.15, 0.2) is 6.33 Å². The molecule has 0 atom stereocenters. The van der Waals surface area contributed by atoms with Crippen molar-refractivity contribution >= 4 is 0 Å². The molecule has 0 aromatic carbocycles. The molecule has 0 amide bonds. The van der Waals surface area contributed by atoms with Crippen molar-refractivity contribution in [2.45, 2.75) is 33.2 Å². The Morgan fingerprint density at radius 1 is 1.32 bits per heavy atom. The summed E-state index contributed by atoms with van der Waals surface area (Å²) in [4.78, 5) is 2.33. The number of rotatable bonds is 7. The van der Waals surface area contributed by atoms with E-state index in [4.69, 9.17) is 0 Å². The molecule has 0 aliphatic carbocycles. The highest BCUT2D eigenvalue weighted by Crippen LogP contribution is 2.10. The Morgan fingerprint density at radius 3 is 2.79 bits per heavy atom. The molecule has 0 saturated heterocycles. The van der Waals surface area contributed by atoms with E-state index in [0.29, 0.717) is 0 Å². The van der Waals surface area contributed by atoms with E-state index >= 15 is 0 Å². The summed E-state index contributed by atoms with van der Waals surface area (Å²) in [6, 6.07) is 0. The van der Waals surface area contributed by atoms with Gasteiger partial charge in [-0.1, -0.05) is 0 Å². The number of aryl methyl sites for hydroxylation is 3. The number of nitrogens with zero attached hydrogens (tertiary/aromatic N) is 6. The van der Waals surface area contributed by atoms with E-state index in [0.717, 1.165) is 38.2 Å². The maximum Gasteiger partial charge on any atom is 0.138 e. The Hall–Kier alpha value is -1.76. The Balaban J connectivity index is 1.68. The summed E-state index contributed by atoms with van der Waals surface area (Å²) < 4.78 is 1.76. The lowest BCUT2D eigenvalue weighted by atomic mass is 10.1. The van der Waals surface area contributed by atoms with Crippen molar-refractivity contribution < 1.29 is 0 Å². The molecule has 2 heterocycles. The van der Waals surface area contributed by atoms with E-state index in [-0.39, 0.29) is 0 Å². The first-order valence-electron chi connectivity index (χ1n) is 6.56. The maximum absolute atomic E-state index is 4.22. The summed E-state index contributed by atoms with van der Waals surface area (Å²) in [6.07, 6.45) is 3.73. The number of likely N-dealkylation sites (N-methyl/N-ethyl adjacent to an activating group) is 1. The minimum atomic E-state index is 0.862. The molecule has 2 aromatic heterocycles. The zero-order chi connectivity index (χ0) is 13.7. The quantitative estimate of drug-likeness (QED) is 0.790. The number of aromatic nitrogens is 6. The molecule has 0 aliphatic rings. The van der Waals surface area contributed by atoms with Gasteiger partial charge in [-0.05, 0) is 56.3 Å². The summed E-state index contributed by atoms with van der Waals surface area (Å²) in [6.45, 7) is 7.07. The molecule has 1 N–H and O–H groups in total. The summed E-state index contributed by atoms with van der Waals surface area (Å²) in [7, 11) is 2.14. The summed E-state index contributed by atoms with van der Waals surface area (Å²) in [5.74, 6) is 0. The predicted molar refractivity (Wildman–Crippen MR) is 71.7 cm³/mol. The van der Waals surface area contributed by atoms with Gasteiger partial charge in [-0.2, -0.15) is 5.10 Å². The van der Waals surface area contributed by atoms with Crippen molar-refractivity contribution in [2.24, 2.45) is 0 Å². The minimum Gasteiger partial charge on any atom is -0.306 e. The molecule has 0 radical (unpaired) electrons. The van der Waals surface area contributed by atoms with E-state index in [9.17, 15) is 0 Å². The van der Waals surface area contributed by atoms with Gasteiger partial charge < -0.3 is 4.90 Å². The van der Waals surface area contributed by atoms with Gasteiger partial charge in [0.15, 0.2) is 0 Å². The van der Waals surface area contributed by atoms with Crippen molar-refractivity contribution in [1.82, 2.24) is 35.3 Å². The molecular weight excluding hydrogens is 242 g/mol. The smallest absolute Gasteiger partial charge is 0.138 e. The molecule has 0 saturated carbocycles. The van der Waals surface area contributed by atoms with Gasteiger partial charge in [0.2, 0.25) is 0 Å². The topological polar surface area (TPSA) is 75.5 Å². The van der Waals surface area contributed by atoms with Crippen molar-refractivity contribution in [3.05, 3.63) is 23.3 Å². The van der Waals surface area contributed by atoms with E-state index in [1.165, 1.54) is 11.3 Å². The highest BCUT2D eigenvalue weighted by molar-refractivity contribution is 5.23. The van der Waals surface area contributed by atoms with Gasteiger partial charge in [-0.15, -0.1) is 5.10 Å². The van der Waals surface area contributed by atoms with Crippen LogP contribution in [-0.2, 0) is 13.0 Å². The number of hydrogen-bond acceptors (Lipinski definition) is 5. The monoisotopic (exact) mass is 263 g/mol. The van der Waals surface area contributed by atoms with Crippen molar-refractivity contribution in [3.8, 4) is 0 Å². The van der Waals surface area contributed by atoms with Crippen molar-refractivity contribution in [3.63, 3.8) is 0 Å². The van der Waals surface area contributed by atoms with Gasteiger partial charge in [0.1, 0.15) is 6.33 Å². The Morgan fingerprint density at radius 2 is 2.16 bits per heavy atom. The van der Waals surface area contributed by atoms with Gasteiger partial charge >= 0.3 is 0 Å². The third kappa shape index (κ3) is 3.85. The van der Waals surface area contributed by atoms with Crippen LogP contribution in [-0.4, -0.2) is 55.4 Å². The van der Waals surface area contributed by atoms with Crippen LogP contribution in [0.25, 0.3) is 0 Å². The highest BCUT2D eigenvalue weighted by Gasteiger charge is 2.07. The van der Waals surface area contributed by atoms with Crippen LogP contribution in [0, 0.1) is 13.8 Å². The molecule has 7 heteroatoms. The number of hydrogen-bond donors (Lipinski definition) is 1. The van der Waals surface area contributed by atoms with E-state index < -0.39 is 0 Å². The first kappa shape index (κ1) is 13.7. The molecule has 2 aromatic rings. The fourth-order valence-corrected chi connectivity index (χ4v) is 2.14. The van der Waals surface area contributed by atoms with Crippen molar-refractivity contribution in [2.75, 3.05) is 20.1 Å². The van der Waals surface area contributed by atoms with Crippen LogP contribution in [0.3, 0.4) is 0 Å². The van der Waals surface area contributed by atoms with Gasteiger partial charge in [0, 0.05) is 18.8 Å². The highest BCUT2D eigenvalue weighted by atomic mass is 15.5. The second kappa shape index (κ2) is 6.42. The molecule has 19 heavy (non-hydrogen) atoms. The summed E-state index contributed by atoms with van der Waals surface area (Å²) in [5, 5.41) is 18.3. The average Bonchev–Trinajstić information content (AvgIpc) is 2.99. The maximum atomic E-state index is 4.22. The minimum absolute atomic E-state index is 0.862. The first-order chi connectivity index (χ1) is 9.16. The first-order valence-corrected chi connectivity index (χ1v) is 6.56. The van der Waals surface area contributed by atoms with Gasteiger partial charge in [0.25, 0.3) is 0 Å². The summed E-state index contributed by atoms with van der Waals surface area (Å²) >= 11 is 0. The lowest BCUT2D eigenvalue weighted by molar-refractivity contribution is 0.321. The predicted octanol–water partition coefficient (Wildman–Crippen LogP) is 0.578. The third-order valence-electron chi connectivity index (χ3n) is 3.34. The Bertz CT molecular complexity index is 469. The van der Waals surface area contributed by atoms with Crippen LogP contribution < -0.4 is 0 Å². The van der Waals surface area contributed by atoms with E-state index in [1.807, 2.05) is 0 Å². The number of aromatic amines is 1. The normalized spacial score (nSPS) is 11.4. The molecule has 0 spiro atoms. The molecule has 0 bridgehead atoms. The van der Waals surface area contributed by atoms with E-state index in [1.54, 1.807) is 11.0 Å². The number of H-pyrrole nitrogens is 1. The molecule has 2 rings (SSSR count). The van der Waals surface area contributed by atoms with Crippen LogP contribution in [0.2, 0.25) is 0 Å². The molecule has 0 aliphatic heterocycles. The summed E-state index contributed by atoms with van der Waals surface area (Å²) in [5.41, 5.74) is 3.63. The Kier molecular flexibility index (Phi) is 4.62. The lowest BCUT2D eigenvalue weighted by Crippen LogP contribution is -2.23. The van der Waals surface area contributed by atoms with E-state index in [2.05, 4.69) is 51.5 Å². The zero-order valence-corrected chi connectivity index (χ0v) is 11.8. The van der Waals surface area contributed by atoms with Gasteiger partial charge in [0.05, 0.1) is 5.69 Å². The second-order valence-electron chi connectivity index (χ2n) is 4.89. The zero-order valence-electron chi connectivity index (χ0n) is 11.8. The molecule has 7 nitrogen and oxygen atoms in total. The Labute approximate surface area is 113 Å². The van der Waals surface area contributed by atoms with Crippen LogP contribution in [0.5, 0.6) is 0 Å². The number of tetrazole rings is 1. The fraction of sp³-hybridized carbons (Fsp3) is 0.667. The lowest BCUT2D eigenvalue weighted by Gasteiger charge is -2.16. The molecular formula is C12H21N7. The van der Waals surface area contributed by atoms with Gasteiger partial charge in [-0.25, -0.2) is 4.68 Å². The third-order valence-corrected chi connectivity index (χ3v) is 3.34. The number of nitrogens with one attached hydrogen (secondary N) is 1. The van der Waals surface area contributed by atoms with Crippen molar-refractivity contribution in [1.29, 1.82) is 0 Å². The average molecular weight is 263 g/mol. The molecule has 0 unspecified atom stereocenters. The van der Waals surface area contributed by atoms with Crippen LogP contribution in [0.1, 0.15) is 23.4 Å². The fourth-order valence-electron chi connectivity index (χ4n) is 2.14. The van der Waals surface area contributed by atoms with Crippen LogP contribution in [0.4, 0.5) is 0 Å². The van der Waals surface area contributed by atoms with Crippen LogP contribution >= 0.6 is 0 Å². The largest absolute Gasteiger partial charge is 0.306 e. The van der Waals surface area contributed by atoms with Gasteiger partial charge in [-0.3, -0.25) is 5.10 Å².